The molecule has 0 aliphatic rings. The van der Waals surface area contributed by atoms with E-state index < -0.39 is 35.1 Å². The smallest absolute Gasteiger partial charge is 0.417 e. The number of methoxy groups -OCH3 is 1. The molecule has 1 atom stereocenters. The largest absolute Gasteiger partial charge is 0.494 e. The maximum atomic E-state index is 13.8. The third-order valence-corrected chi connectivity index (χ3v) is 8.21. The average Bonchev–Trinajstić information content (AvgIpc) is 3.03. The van der Waals surface area contributed by atoms with Gasteiger partial charge in [-0.3, -0.25) is 14.5 Å². The first-order valence-corrected chi connectivity index (χ1v) is 14.6. The second-order valence-corrected chi connectivity index (χ2v) is 10.9. The van der Waals surface area contributed by atoms with E-state index in [1.165, 1.54) is 18.2 Å². The minimum Gasteiger partial charge on any atom is -0.494 e. The van der Waals surface area contributed by atoms with E-state index in [1.54, 1.807) is 18.2 Å². The highest BCUT2D eigenvalue weighted by Crippen LogP contribution is 2.40. The van der Waals surface area contributed by atoms with Gasteiger partial charge in [0.1, 0.15) is 5.75 Å². The molecule has 4 rings (SSSR count). The van der Waals surface area contributed by atoms with Crippen LogP contribution in [0.15, 0.2) is 103 Å². The predicted octanol–water partition coefficient (Wildman–Crippen LogP) is 7.93. The number of carboxylic acids is 1. The Hall–Kier alpha value is -4.34. The summed E-state index contributed by atoms with van der Waals surface area (Å²) in [6, 6.07) is 29.6. The van der Waals surface area contributed by atoms with E-state index in [0.29, 0.717) is 24.3 Å². The maximum absolute atomic E-state index is 13.8. The lowest BCUT2D eigenvalue weighted by atomic mass is 9.82. The van der Waals surface area contributed by atoms with Gasteiger partial charge < -0.3 is 14.6 Å². The number of alkyl halides is 3. The van der Waals surface area contributed by atoms with Gasteiger partial charge in [0.25, 0.3) is 0 Å². The first-order valence-electron chi connectivity index (χ1n) is 14.2. The Bertz CT molecular complexity index is 1560. The summed E-state index contributed by atoms with van der Waals surface area (Å²) in [7, 11) is 1.12. The molecule has 4 aromatic rings. The lowest BCUT2D eigenvalue weighted by Gasteiger charge is -2.43. The molecule has 6 nitrogen and oxygen atoms in total. The molecule has 0 spiro atoms. The number of benzene rings is 4. The van der Waals surface area contributed by atoms with Crippen molar-refractivity contribution < 1.29 is 37.3 Å². The van der Waals surface area contributed by atoms with E-state index in [1.807, 2.05) is 67.6 Å². The van der Waals surface area contributed by atoms with Crippen molar-refractivity contribution in [2.45, 2.75) is 37.5 Å². The molecule has 10 heteroatoms. The molecule has 0 amide bonds. The molecular formula is C35H33ClF3NO5. The number of aliphatic carboxylic acids is 1. The summed E-state index contributed by atoms with van der Waals surface area (Å²) in [6.07, 6.45) is -4.15. The molecule has 1 N–H and O–H groups in total. The quantitative estimate of drug-likeness (QED) is 0.0910. The predicted molar refractivity (Wildman–Crippen MR) is 165 cm³/mol. The molecule has 0 bridgehead atoms. The molecule has 0 aliphatic carbocycles. The monoisotopic (exact) mass is 639 g/mol. The van der Waals surface area contributed by atoms with Crippen LogP contribution in [-0.2, 0) is 32.6 Å². The maximum Gasteiger partial charge on any atom is 0.417 e. The number of carboxylic acid groups (broad SMARTS) is 1. The molecule has 0 radical (unpaired) electrons. The van der Waals surface area contributed by atoms with Gasteiger partial charge in [-0.1, -0.05) is 96.5 Å². The SMILES string of the molecule is COC(=O)C(C(=O)O)c1cccc(OCCCN(Cc2cccc(C(F)(F)F)c2Cl)C(C)(c2ccccc2)c2ccccc2)c1. The van der Waals surface area contributed by atoms with E-state index in [-0.39, 0.29) is 23.7 Å². The van der Waals surface area contributed by atoms with Crippen molar-refractivity contribution in [2.75, 3.05) is 20.3 Å². The topological polar surface area (TPSA) is 76.1 Å². The molecule has 0 aromatic heterocycles. The van der Waals surface area contributed by atoms with Crippen molar-refractivity contribution in [3.8, 4) is 5.75 Å². The van der Waals surface area contributed by atoms with Gasteiger partial charge in [0, 0.05) is 13.1 Å². The molecule has 236 valence electrons. The summed E-state index contributed by atoms with van der Waals surface area (Å²) in [5.41, 5.74) is 0.771. The highest BCUT2D eigenvalue weighted by Gasteiger charge is 2.38. The van der Waals surface area contributed by atoms with Gasteiger partial charge in [0.15, 0.2) is 5.92 Å². The number of hydrogen-bond acceptors (Lipinski definition) is 5. The Kier molecular flexibility index (Phi) is 10.9. The fraction of sp³-hybridized carbons (Fsp3) is 0.257. The first-order chi connectivity index (χ1) is 21.5. The van der Waals surface area contributed by atoms with E-state index in [2.05, 4.69) is 9.64 Å². The van der Waals surface area contributed by atoms with Gasteiger partial charge in [-0.15, -0.1) is 0 Å². The van der Waals surface area contributed by atoms with Gasteiger partial charge in [-0.2, -0.15) is 13.2 Å². The van der Waals surface area contributed by atoms with E-state index in [4.69, 9.17) is 16.3 Å². The number of halogens is 4. The van der Waals surface area contributed by atoms with Crippen LogP contribution in [0.2, 0.25) is 5.02 Å². The van der Waals surface area contributed by atoms with Crippen LogP contribution in [0.4, 0.5) is 13.2 Å². The molecule has 45 heavy (non-hydrogen) atoms. The Morgan fingerprint density at radius 2 is 1.49 bits per heavy atom. The lowest BCUT2D eigenvalue weighted by molar-refractivity contribution is -0.152. The zero-order valence-electron chi connectivity index (χ0n) is 24.8. The van der Waals surface area contributed by atoms with Gasteiger partial charge in [-0.25, -0.2) is 0 Å². The Morgan fingerprint density at radius 3 is 2.04 bits per heavy atom. The fourth-order valence-electron chi connectivity index (χ4n) is 5.37. The molecule has 0 saturated carbocycles. The van der Waals surface area contributed by atoms with Crippen molar-refractivity contribution in [2.24, 2.45) is 0 Å². The fourth-order valence-corrected chi connectivity index (χ4v) is 5.66. The molecule has 0 fully saturated rings. The number of nitrogens with zero attached hydrogens (tertiary/aromatic N) is 1. The molecule has 0 saturated heterocycles. The van der Waals surface area contributed by atoms with E-state index in [0.717, 1.165) is 24.3 Å². The Labute approximate surface area is 265 Å². The van der Waals surface area contributed by atoms with E-state index in [9.17, 15) is 27.9 Å². The van der Waals surface area contributed by atoms with Crippen LogP contribution in [0, 0.1) is 0 Å². The normalized spacial score (nSPS) is 12.5. The van der Waals surface area contributed by atoms with Gasteiger partial charge in [0.05, 0.1) is 29.8 Å². The first kappa shape index (κ1) is 33.6. The minimum absolute atomic E-state index is 0.109. The third kappa shape index (κ3) is 7.85. The van der Waals surface area contributed by atoms with Crippen LogP contribution in [0.5, 0.6) is 5.75 Å². The van der Waals surface area contributed by atoms with Crippen molar-refractivity contribution in [3.63, 3.8) is 0 Å². The second kappa shape index (κ2) is 14.6. The van der Waals surface area contributed by atoms with Gasteiger partial charge in [-0.05, 0) is 53.8 Å². The van der Waals surface area contributed by atoms with Gasteiger partial charge in [0.2, 0.25) is 0 Å². The number of esters is 1. The number of carbonyl (C=O) groups excluding carboxylic acids is 1. The van der Waals surface area contributed by atoms with Crippen LogP contribution in [-0.4, -0.2) is 42.2 Å². The summed E-state index contributed by atoms with van der Waals surface area (Å²) in [4.78, 5) is 25.8. The number of rotatable bonds is 13. The standard InChI is InChI=1S/C35H33ClF3NO5/c1-34(26-14-5-3-6-15-26,27-16-7-4-8-17-27)40(23-25-13-10-19-29(31(25)36)35(37,38)39)20-11-21-45-28-18-9-12-24(22-28)30(32(41)42)33(43)44-2/h3-10,12-19,22,30H,11,20-21,23H2,1-2H3,(H,41,42). The van der Waals surface area contributed by atoms with Gasteiger partial charge >= 0.3 is 18.1 Å². The zero-order valence-corrected chi connectivity index (χ0v) is 25.5. The van der Waals surface area contributed by atoms with Crippen molar-refractivity contribution in [3.05, 3.63) is 136 Å². The van der Waals surface area contributed by atoms with Crippen LogP contribution >= 0.6 is 11.6 Å². The van der Waals surface area contributed by atoms with Crippen LogP contribution in [0.1, 0.15) is 47.1 Å². The minimum atomic E-state index is -4.60. The Morgan fingerprint density at radius 1 is 0.889 bits per heavy atom. The van der Waals surface area contributed by atoms with Crippen LogP contribution in [0.3, 0.4) is 0 Å². The molecule has 0 heterocycles. The van der Waals surface area contributed by atoms with Crippen molar-refractivity contribution in [1.82, 2.24) is 4.90 Å². The van der Waals surface area contributed by atoms with E-state index >= 15 is 0 Å². The third-order valence-electron chi connectivity index (χ3n) is 7.77. The summed E-state index contributed by atoms with van der Waals surface area (Å²) in [5.74, 6) is -3.37. The molecule has 1 unspecified atom stereocenters. The molecule has 4 aromatic carbocycles. The van der Waals surface area contributed by atoms with Crippen LogP contribution < -0.4 is 4.74 Å². The summed E-state index contributed by atoms with van der Waals surface area (Å²) < 4.78 is 51.9. The van der Waals surface area contributed by atoms with Crippen molar-refractivity contribution >= 4 is 23.5 Å². The highest BCUT2D eigenvalue weighted by atomic mass is 35.5. The summed E-state index contributed by atoms with van der Waals surface area (Å²) in [6.45, 7) is 2.73. The average molecular weight is 640 g/mol. The molecule has 0 aliphatic heterocycles. The number of carbonyl (C=O) groups is 2. The number of hydrogen-bond donors (Lipinski definition) is 1. The molecular weight excluding hydrogens is 607 g/mol. The highest BCUT2D eigenvalue weighted by molar-refractivity contribution is 6.32. The lowest BCUT2D eigenvalue weighted by Crippen LogP contribution is -2.45. The summed E-state index contributed by atoms with van der Waals surface area (Å²) in [5, 5.41) is 9.20. The summed E-state index contributed by atoms with van der Waals surface area (Å²) >= 11 is 6.37. The zero-order chi connectivity index (χ0) is 32.6. The Balaban J connectivity index is 1.64. The van der Waals surface area contributed by atoms with Crippen molar-refractivity contribution in [1.29, 1.82) is 0 Å². The second-order valence-electron chi connectivity index (χ2n) is 10.6. The number of ether oxygens (including phenoxy) is 2. The van der Waals surface area contributed by atoms with Crippen LogP contribution in [0.25, 0.3) is 0 Å².